The van der Waals surface area contributed by atoms with Crippen LogP contribution in [0.4, 0.5) is 4.39 Å². The van der Waals surface area contributed by atoms with Gasteiger partial charge in [-0.15, -0.1) is 0 Å². The summed E-state index contributed by atoms with van der Waals surface area (Å²) in [6.07, 6.45) is -0.716. The number of halogens is 2. The Kier molecular flexibility index (Phi) is 7.15. The Morgan fingerprint density at radius 1 is 1.19 bits per heavy atom. The highest BCUT2D eigenvalue weighted by Crippen LogP contribution is 2.26. The average molecular weight is 423 g/mol. The summed E-state index contributed by atoms with van der Waals surface area (Å²) in [5, 5.41) is 5.39. The minimum absolute atomic E-state index is 0.110. The van der Waals surface area contributed by atoms with Crippen molar-refractivity contribution >= 4 is 27.7 Å². The number of carbonyl (C=O) groups excluding carboxylic acids is 2. The van der Waals surface area contributed by atoms with E-state index in [-0.39, 0.29) is 18.2 Å². The van der Waals surface area contributed by atoms with Gasteiger partial charge in [-0.25, -0.2) is 4.39 Å². The number of nitrogens with one attached hydrogen (secondary N) is 2. The molecular formula is C19H20BrFN2O3. The monoisotopic (exact) mass is 422 g/mol. The molecule has 2 aromatic carbocycles. The molecule has 2 aromatic rings. The molecule has 0 aliphatic carbocycles. The zero-order chi connectivity index (χ0) is 19.1. The van der Waals surface area contributed by atoms with E-state index in [0.717, 1.165) is 5.56 Å². The summed E-state index contributed by atoms with van der Waals surface area (Å²) in [6, 6.07) is 12.7. The van der Waals surface area contributed by atoms with Crippen molar-refractivity contribution < 1.29 is 18.7 Å². The first kappa shape index (κ1) is 19.9. The van der Waals surface area contributed by atoms with Crippen LogP contribution in [0.5, 0.6) is 5.75 Å². The first-order chi connectivity index (χ1) is 12.4. The van der Waals surface area contributed by atoms with Crippen LogP contribution in [0.1, 0.15) is 24.9 Å². The molecular weight excluding hydrogens is 403 g/mol. The summed E-state index contributed by atoms with van der Waals surface area (Å²) >= 11 is 3.20. The minimum Gasteiger partial charge on any atom is -0.480 e. The van der Waals surface area contributed by atoms with Gasteiger partial charge >= 0.3 is 0 Å². The lowest BCUT2D eigenvalue weighted by atomic mass is 10.0. The Labute approximate surface area is 160 Å². The highest BCUT2D eigenvalue weighted by Gasteiger charge is 2.22. The number of rotatable bonds is 7. The van der Waals surface area contributed by atoms with Crippen molar-refractivity contribution in [3.05, 3.63) is 64.4 Å². The molecule has 0 spiro atoms. The lowest BCUT2D eigenvalue weighted by Gasteiger charge is -2.22. The molecule has 138 valence electrons. The van der Waals surface area contributed by atoms with Gasteiger partial charge in [-0.3, -0.25) is 9.59 Å². The topological polar surface area (TPSA) is 67.4 Å². The number of benzene rings is 2. The maximum absolute atomic E-state index is 13.2. The molecule has 5 nitrogen and oxygen atoms in total. The molecule has 0 bridgehead atoms. The van der Waals surface area contributed by atoms with E-state index in [4.69, 9.17) is 4.74 Å². The molecule has 0 aliphatic heterocycles. The van der Waals surface area contributed by atoms with Crippen LogP contribution in [0.2, 0.25) is 0 Å². The van der Waals surface area contributed by atoms with Crippen LogP contribution in [0.25, 0.3) is 0 Å². The second kappa shape index (κ2) is 9.33. The number of carbonyl (C=O) groups is 2. The summed E-state index contributed by atoms with van der Waals surface area (Å²) < 4.78 is 19.2. The lowest BCUT2D eigenvalue weighted by Crippen LogP contribution is -2.40. The predicted octanol–water partition coefficient (Wildman–Crippen LogP) is 3.35. The van der Waals surface area contributed by atoms with Gasteiger partial charge in [0.2, 0.25) is 5.91 Å². The first-order valence-corrected chi connectivity index (χ1v) is 8.87. The predicted molar refractivity (Wildman–Crippen MR) is 100 cm³/mol. The molecule has 2 amide bonds. The molecule has 26 heavy (non-hydrogen) atoms. The van der Waals surface area contributed by atoms with Crippen LogP contribution in [0.3, 0.4) is 0 Å². The number of hydrogen-bond donors (Lipinski definition) is 2. The van der Waals surface area contributed by atoms with E-state index in [9.17, 15) is 14.0 Å². The number of ether oxygens (including phenoxy) is 1. The molecule has 0 aliphatic rings. The molecule has 0 saturated heterocycles. The largest absolute Gasteiger partial charge is 0.480 e. The summed E-state index contributed by atoms with van der Waals surface area (Å²) in [6.45, 7) is 1.59. The average Bonchev–Trinajstić information content (AvgIpc) is 2.63. The Morgan fingerprint density at radius 3 is 2.50 bits per heavy atom. The molecule has 0 saturated carbocycles. The third kappa shape index (κ3) is 5.56. The minimum atomic E-state index is -0.826. The standard InChI is InChI=1S/C19H20BrFN2O3/c1-12(26-17-9-8-14(21)10-15(17)20)19(25)23-16(11-18(24)22-2)13-6-4-3-5-7-13/h3-10,12,16H,11H2,1-2H3,(H,22,24)(H,23,25)/t12-,16-/m1/s1. The lowest BCUT2D eigenvalue weighted by molar-refractivity contribution is -0.128. The van der Waals surface area contributed by atoms with Gasteiger partial charge in [-0.05, 0) is 46.6 Å². The Bertz CT molecular complexity index is 771. The smallest absolute Gasteiger partial charge is 0.261 e. The summed E-state index contributed by atoms with van der Waals surface area (Å²) in [5.41, 5.74) is 0.819. The Hall–Kier alpha value is -2.41. The summed E-state index contributed by atoms with van der Waals surface area (Å²) in [4.78, 5) is 24.3. The van der Waals surface area contributed by atoms with Crippen LogP contribution in [-0.4, -0.2) is 25.0 Å². The Morgan fingerprint density at radius 2 is 1.88 bits per heavy atom. The fourth-order valence-electron chi connectivity index (χ4n) is 2.33. The van der Waals surface area contributed by atoms with E-state index >= 15 is 0 Å². The van der Waals surface area contributed by atoms with Crippen LogP contribution >= 0.6 is 15.9 Å². The van der Waals surface area contributed by atoms with Gasteiger partial charge in [0.1, 0.15) is 11.6 Å². The van der Waals surface area contributed by atoms with E-state index in [0.29, 0.717) is 10.2 Å². The van der Waals surface area contributed by atoms with Crippen LogP contribution < -0.4 is 15.4 Å². The van der Waals surface area contributed by atoms with E-state index < -0.39 is 18.0 Å². The van der Waals surface area contributed by atoms with E-state index in [2.05, 4.69) is 26.6 Å². The maximum Gasteiger partial charge on any atom is 0.261 e. The van der Waals surface area contributed by atoms with Gasteiger partial charge in [0, 0.05) is 7.05 Å². The van der Waals surface area contributed by atoms with Crippen molar-refractivity contribution in [2.24, 2.45) is 0 Å². The highest BCUT2D eigenvalue weighted by molar-refractivity contribution is 9.10. The quantitative estimate of drug-likeness (QED) is 0.718. The third-order valence-corrected chi connectivity index (χ3v) is 4.37. The normalized spacial score (nSPS) is 12.8. The van der Waals surface area contributed by atoms with Crippen molar-refractivity contribution in [3.63, 3.8) is 0 Å². The second-order valence-corrected chi connectivity index (χ2v) is 6.54. The van der Waals surface area contributed by atoms with Gasteiger partial charge in [0.25, 0.3) is 5.91 Å². The zero-order valence-corrected chi connectivity index (χ0v) is 16.0. The second-order valence-electron chi connectivity index (χ2n) is 5.68. The zero-order valence-electron chi connectivity index (χ0n) is 14.5. The molecule has 0 radical (unpaired) electrons. The number of amides is 2. The molecule has 0 aromatic heterocycles. The molecule has 7 heteroatoms. The summed E-state index contributed by atoms with van der Waals surface area (Å²) in [7, 11) is 1.55. The fourth-order valence-corrected chi connectivity index (χ4v) is 2.77. The van der Waals surface area contributed by atoms with Crippen molar-refractivity contribution in [1.29, 1.82) is 0 Å². The van der Waals surface area contributed by atoms with E-state index in [1.54, 1.807) is 14.0 Å². The van der Waals surface area contributed by atoms with Crippen LogP contribution in [-0.2, 0) is 9.59 Å². The third-order valence-electron chi connectivity index (χ3n) is 3.75. The van der Waals surface area contributed by atoms with Crippen LogP contribution in [0, 0.1) is 5.82 Å². The fraction of sp³-hybridized carbons (Fsp3) is 0.263. The van der Waals surface area contributed by atoms with Crippen molar-refractivity contribution in [1.82, 2.24) is 10.6 Å². The van der Waals surface area contributed by atoms with Crippen molar-refractivity contribution in [3.8, 4) is 5.75 Å². The van der Waals surface area contributed by atoms with Crippen molar-refractivity contribution in [2.75, 3.05) is 7.05 Å². The molecule has 0 unspecified atom stereocenters. The van der Waals surface area contributed by atoms with Gasteiger partial charge < -0.3 is 15.4 Å². The Balaban J connectivity index is 2.08. The van der Waals surface area contributed by atoms with Crippen molar-refractivity contribution in [2.45, 2.75) is 25.5 Å². The first-order valence-electron chi connectivity index (χ1n) is 8.08. The summed E-state index contributed by atoms with van der Waals surface area (Å²) in [5.74, 6) is -0.611. The highest BCUT2D eigenvalue weighted by atomic mass is 79.9. The van der Waals surface area contributed by atoms with Gasteiger partial charge in [-0.2, -0.15) is 0 Å². The van der Waals surface area contributed by atoms with Crippen LogP contribution in [0.15, 0.2) is 53.0 Å². The number of hydrogen-bond acceptors (Lipinski definition) is 3. The maximum atomic E-state index is 13.2. The molecule has 0 fully saturated rings. The molecule has 0 heterocycles. The molecule has 2 rings (SSSR count). The van der Waals surface area contributed by atoms with E-state index in [1.165, 1.54) is 18.2 Å². The molecule has 2 atom stereocenters. The van der Waals surface area contributed by atoms with E-state index in [1.807, 2.05) is 30.3 Å². The van der Waals surface area contributed by atoms with Gasteiger partial charge in [-0.1, -0.05) is 30.3 Å². The van der Waals surface area contributed by atoms with Gasteiger partial charge in [0.15, 0.2) is 6.10 Å². The SMILES string of the molecule is CNC(=O)C[C@@H](NC(=O)[C@@H](C)Oc1ccc(F)cc1Br)c1ccccc1. The molecule has 2 N–H and O–H groups in total. The van der Waals surface area contributed by atoms with Gasteiger partial charge in [0.05, 0.1) is 16.9 Å².